The molecule has 0 aromatic heterocycles. The molecule has 1 aromatic rings. The predicted octanol–water partition coefficient (Wildman–Crippen LogP) is 5.11. The lowest BCUT2D eigenvalue weighted by molar-refractivity contribution is 0.305. The average Bonchev–Trinajstić information content (AvgIpc) is 2.31. The standard InChI is InChI=1S/C17H38O4Si5/c1-22(2,3)18-24(7,8)20-26(11,17-15-13-12-14-16-17)21-25(9,10)19-23(4,5)6/h12-16H,1-11H3. The fraction of sp³-hybridized carbons (Fsp3) is 0.647. The molecule has 0 atom stereocenters. The summed E-state index contributed by atoms with van der Waals surface area (Å²) in [4.78, 5) is 0. The maximum absolute atomic E-state index is 6.78. The molecule has 9 heteroatoms. The maximum atomic E-state index is 6.78. The molecule has 0 N–H and O–H groups in total. The van der Waals surface area contributed by atoms with E-state index in [2.05, 4.69) is 96.3 Å². The van der Waals surface area contributed by atoms with Gasteiger partial charge < -0.3 is 16.5 Å². The maximum Gasteiger partial charge on any atom is 0.351 e. The fourth-order valence-corrected chi connectivity index (χ4v) is 26.0. The van der Waals surface area contributed by atoms with E-state index in [1.54, 1.807) is 0 Å². The summed E-state index contributed by atoms with van der Waals surface area (Å²) < 4.78 is 26.5. The third kappa shape index (κ3) is 8.89. The molecule has 0 aliphatic carbocycles. The highest BCUT2D eigenvalue weighted by Crippen LogP contribution is 2.26. The molecule has 0 amide bonds. The zero-order valence-corrected chi connectivity index (χ0v) is 23.5. The number of benzene rings is 1. The summed E-state index contributed by atoms with van der Waals surface area (Å²) in [5, 5.41) is 1.14. The highest BCUT2D eigenvalue weighted by atomic mass is 28.5. The number of rotatable bonds is 9. The highest BCUT2D eigenvalue weighted by molar-refractivity contribution is 6.95. The lowest BCUT2D eigenvalue weighted by Gasteiger charge is -2.43. The average molecular weight is 447 g/mol. The third-order valence-electron chi connectivity index (χ3n) is 3.28. The second-order valence-electron chi connectivity index (χ2n) is 9.74. The Morgan fingerprint density at radius 3 is 1.15 bits per heavy atom. The zero-order chi connectivity index (χ0) is 20.4. The van der Waals surface area contributed by atoms with Crippen LogP contribution in [0, 0.1) is 0 Å². The highest BCUT2D eigenvalue weighted by Gasteiger charge is 2.48. The van der Waals surface area contributed by atoms with Crippen LogP contribution in [0.25, 0.3) is 0 Å². The Morgan fingerprint density at radius 2 is 0.846 bits per heavy atom. The normalized spacial score (nSPS) is 14.6. The van der Waals surface area contributed by atoms with Gasteiger partial charge in [0.1, 0.15) is 0 Å². The molecule has 0 bridgehead atoms. The van der Waals surface area contributed by atoms with Crippen LogP contribution in [0.4, 0.5) is 0 Å². The van der Waals surface area contributed by atoms with Crippen LogP contribution < -0.4 is 5.19 Å². The van der Waals surface area contributed by atoms with Crippen molar-refractivity contribution in [3.63, 3.8) is 0 Å². The van der Waals surface area contributed by atoms with Crippen LogP contribution in [0.2, 0.25) is 72.0 Å². The first kappa shape index (κ1) is 24.2. The first-order valence-electron chi connectivity index (χ1n) is 9.29. The van der Waals surface area contributed by atoms with Crippen molar-refractivity contribution in [3.8, 4) is 0 Å². The molecule has 26 heavy (non-hydrogen) atoms. The second-order valence-corrected chi connectivity index (χ2v) is 29.5. The molecule has 0 fully saturated rings. The van der Waals surface area contributed by atoms with Crippen LogP contribution in [0.1, 0.15) is 0 Å². The van der Waals surface area contributed by atoms with E-state index in [1.165, 1.54) is 0 Å². The summed E-state index contributed by atoms with van der Waals surface area (Å²) >= 11 is 0. The molecular weight excluding hydrogens is 409 g/mol. The summed E-state index contributed by atoms with van der Waals surface area (Å²) in [6.45, 7) is 23.9. The monoisotopic (exact) mass is 446 g/mol. The smallest absolute Gasteiger partial charge is 0.351 e. The van der Waals surface area contributed by atoms with E-state index < -0.39 is 42.3 Å². The van der Waals surface area contributed by atoms with E-state index in [0.717, 1.165) is 5.19 Å². The first-order valence-corrected chi connectivity index (χ1v) is 24.1. The zero-order valence-electron chi connectivity index (χ0n) is 18.5. The van der Waals surface area contributed by atoms with Gasteiger partial charge in [0.25, 0.3) is 0 Å². The van der Waals surface area contributed by atoms with Crippen LogP contribution >= 0.6 is 0 Å². The Bertz CT molecular complexity index is 549. The van der Waals surface area contributed by atoms with Gasteiger partial charge in [-0.1, -0.05) is 30.3 Å². The molecule has 150 valence electrons. The molecule has 1 aromatic carbocycles. The minimum atomic E-state index is -2.68. The summed E-state index contributed by atoms with van der Waals surface area (Å²) in [5.41, 5.74) is 0. The van der Waals surface area contributed by atoms with E-state index >= 15 is 0 Å². The molecule has 0 aliphatic heterocycles. The Morgan fingerprint density at radius 1 is 0.500 bits per heavy atom. The molecule has 0 aliphatic rings. The molecule has 0 spiro atoms. The van der Waals surface area contributed by atoms with E-state index in [0.29, 0.717) is 0 Å². The Hall–Kier alpha value is 0.144. The SMILES string of the molecule is C[Si](C)(C)O[Si](C)(C)O[Si](C)(O[Si](C)(C)O[Si](C)(C)C)c1ccccc1. The van der Waals surface area contributed by atoms with Crippen molar-refractivity contribution in [2.45, 2.75) is 72.0 Å². The first-order chi connectivity index (χ1) is 11.4. The Kier molecular flexibility index (Phi) is 7.68. The Labute approximate surface area is 166 Å². The third-order valence-corrected chi connectivity index (χ3v) is 20.5. The van der Waals surface area contributed by atoms with Gasteiger partial charge in [-0.25, -0.2) is 0 Å². The quantitative estimate of drug-likeness (QED) is 0.494. The van der Waals surface area contributed by atoms with Crippen molar-refractivity contribution in [1.82, 2.24) is 0 Å². The molecule has 0 radical (unpaired) electrons. The lowest BCUT2D eigenvalue weighted by Crippen LogP contribution is -2.64. The van der Waals surface area contributed by atoms with Gasteiger partial charge in [0.15, 0.2) is 16.6 Å². The van der Waals surface area contributed by atoms with Crippen LogP contribution in [-0.2, 0) is 16.5 Å². The van der Waals surface area contributed by atoms with Crippen LogP contribution in [0.15, 0.2) is 30.3 Å². The van der Waals surface area contributed by atoms with Gasteiger partial charge in [0, 0.05) is 0 Å². The van der Waals surface area contributed by atoms with Gasteiger partial charge >= 0.3 is 25.7 Å². The van der Waals surface area contributed by atoms with Crippen molar-refractivity contribution in [1.29, 1.82) is 0 Å². The van der Waals surface area contributed by atoms with E-state index in [-0.39, 0.29) is 0 Å². The summed E-state index contributed by atoms with van der Waals surface area (Å²) in [6, 6.07) is 10.4. The molecule has 4 nitrogen and oxygen atoms in total. The van der Waals surface area contributed by atoms with Gasteiger partial charge in [-0.15, -0.1) is 0 Å². The topological polar surface area (TPSA) is 36.9 Å². The molecular formula is C17H38O4Si5. The largest absolute Gasteiger partial charge is 0.437 e. The molecule has 0 saturated heterocycles. The molecule has 1 rings (SSSR count). The molecule has 0 saturated carbocycles. The van der Waals surface area contributed by atoms with Crippen molar-refractivity contribution < 1.29 is 16.5 Å². The van der Waals surface area contributed by atoms with Crippen LogP contribution in [-0.4, -0.2) is 42.3 Å². The van der Waals surface area contributed by atoms with Crippen LogP contribution in [0.3, 0.4) is 0 Å². The van der Waals surface area contributed by atoms with E-state index in [1.807, 2.05) is 6.07 Å². The van der Waals surface area contributed by atoms with Gasteiger partial charge in [0.05, 0.1) is 0 Å². The fourth-order valence-electron chi connectivity index (χ4n) is 3.33. The molecule has 0 unspecified atom stereocenters. The minimum Gasteiger partial charge on any atom is -0.437 e. The van der Waals surface area contributed by atoms with Crippen molar-refractivity contribution in [2.24, 2.45) is 0 Å². The molecule has 0 heterocycles. The van der Waals surface area contributed by atoms with Crippen molar-refractivity contribution in [2.75, 3.05) is 0 Å². The Balaban J connectivity index is 3.20. The van der Waals surface area contributed by atoms with E-state index in [4.69, 9.17) is 16.5 Å². The minimum absolute atomic E-state index is 1.14. The number of hydrogen-bond acceptors (Lipinski definition) is 4. The van der Waals surface area contributed by atoms with Crippen molar-refractivity contribution in [3.05, 3.63) is 30.3 Å². The van der Waals surface area contributed by atoms with Crippen LogP contribution in [0.5, 0.6) is 0 Å². The number of hydrogen-bond donors (Lipinski definition) is 0. The van der Waals surface area contributed by atoms with Gasteiger partial charge in [-0.3, -0.25) is 0 Å². The summed E-state index contributed by atoms with van der Waals surface area (Å²) in [7, 11) is -10.8. The van der Waals surface area contributed by atoms with Gasteiger partial charge in [-0.05, 0) is 77.2 Å². The summed E-state index contributed by atoms with van der Waals surface area (Å²) in [5.74, 6) is 0. The van der Waals surface area contributed by atoms with Gasteiger partial charge in [-0.2, -0.15) is 0 Å². The summed E-state index contributed by atoms with van der Waals surface area (Å²) in [6.07, 6.45) is 0. The van der Waals surface area contributed by atoms with Crippen molar-refractivity contribution >= 4 is 47.5 Å². The second kappa shape index (κ2) is 8.25. The predicted molar refractivity (Wildman–Crippen MR) is 124 cm³/mol. The lowest BCUT2D eigenvalue weighted by atomic mass is 10.4. The van der Waals surface area contributed by atoms with E-state index in [9.17, 15) is 0 Å². The van der Waals surface area contributed by atoms with Gasteiger partial charge in [0.2, 0.25) is 0 Å².